The minimum atomic E-state index is -4.82. The largest absolute Gasteiger partial charge is 1.00 e. The molecule has 0 radical (unpaired) electrons. The molecule has 0 aliphatic heterocycles. The quantitative estimate of drug-likeness (QED) is 0.436. The Morgan fingerprint density at radius 1 is 0.917 bits per heavy atom. The van der Waals surface area contributed by atoms with Crippen LogP contribution in [0, 0.1) is 0 Å². The van der Waals surface area contributed by atoms with Gasteiger partial charge in [-0.25, -0.2) is 8.42 Å². The molecule has 0 saturated heterocycles. The number of azo groups is 1. The number of benzene rings is 3. The van der Waals surface area contributed by atoms with E-state index in [1.54, 1.807) is 54.6 Å². The molecule has 0 bridgehead atoms. The maximum Gasteiger partial charge on any atom is 1.00 e. The number of phenols is 1. The van der Waals surface area contributed by atoms with E-state index in [1.807, 2.05) is 0 Å². The monoisotopic (exact) mass is 334 g/mol. The van der Waals surface area contributed by atoms with Gasteiger partial charge in [-0.1, -0.05) is 42.5 Å². The van der Waals surface area contributed by atoms with Crippen LogP contribution in [-0.4, -0.2) is 18.1 Å². The zero-order valence-electron chi connectivity index (χ0n) is 12.7. The standard InChI is InChI=1S/C16H12N2O4S.Li/c19-16-13-9-5-4-6-11(13)10-14(23(20,21)22)15(16)18-17-12-7-2-1-3-8-12;/h1-10,19H,(H,20,21,22);/q;+1/p-1. The molecule has 0 aliphatic rings. The second kappa shape index (κ2) is 7.16. The Morgan fingerprint density at radius 3 is 2.21 bits per heavy atom. The first-order valence-electron chi connectivity index (χ1n) is 6.64. The van der Waals surface area contributed by atoms with Gasteiger partial charge in [0, 0.05) is 5.39 Å². The van der Waals surface area contributed by atoms with Crippen molar-refractivity contribution < 1.29 is 36.9 Å². The maximum atomic E-state index is 11.5. The van der Waals surface area contributed by atoms with Crippen molar-refractivity contribution in [2.75, 3.05) is 0 Å². The molecule has 0 aromatic heterocycles. The Morgan fingerprint density at radius 2 is 1.54 bits per heavy atom. The molecule has 8 heteroatoms. The van der Waals surface area contributed by atoms with E-state index in [-0.39, 0.29) is 24.5 Å². The van der Waals surface area contributed by atoms with Gasteiger partial charge in [-0.2, -0.15) is 5.11 Å². The average Bonchev–Trinajstić information content (AvgIpc) is 2.54. The topological polar surface area (TPSA) is 102 Å². The first-order chi connectivity index (χ1) is 11.0. The van der Waals surface area contributed by atoms with Crippen LogP contribution in [0.5, 0.6) is 5.75 Å². The number of aromatic hydroxyl groups is 1. The Kier molecular flexibility index (Phi) is 5.42. The van der Waals surface area contributed by atoms with Crippen molar-refractivity contribution in [2.45, 2.75) is 4.90 Å². The molecule has 1 N–H and O–H groups in total. The van der Waals surface area contributed by atoms with Gasteiger partial charge in [0.1, 0.15) is 15.8 Å². The van der Waals surface area contributed by atoms with Crippen LogP contribution in [0.2, 0.25) is 0 Å². The average molecular weight is 334 g/mol. The van der Waals surface area contributed by atoms with Crippen LogP contribution in [-0.2, 0) is 10.1 Å². The van der Waals surface area contributed by atoms with Crippen LogP contribution in [0.15, 0.2) is 75.8 Å². The molecular weight excluding hydrogens is 323 g/mol. The molecule has 0 heterocycles. The summed E-state index contributed by atoms with van der Waals surface area (Å²) in [7, 11) is -4.82. The molecule has 3 aromatic carbocycles. The number of nitrogens with zero attached hydrogens (tertiary/aromatic N) is 2. The second-order valence-electron chi connectivity index (χ2n) is 4.78. The summed E-state index contributed by atoms with van der Waals surface area (Å²) < 4.78 is 34.5. The normalized spacial score (nSPS) is 11.5. The van der Waals surface area contributed by atoms with Gasteiger partial charge in [0.25, 0.3) is 0 Å². The van der Waals surface area contributed by atoms with Crippen molar-refractivity contribution in [2.24, 2.45) is 10.2 Å². The van der Waals surface area contributed by atoms with Crippen molar-refractivity contribution >= 4 is 32.3 Å². The molecule has 0 unspecified atom stereocenters. The molecule has 116 valence electrons. The number of rotatable bonds is 3. The fourth-order valence-corrected chi connectivity index (χ4v) is 2.83. The number of phenolic OH excluding ortho intramolecular Hbond substituents is 1. The molecule has 0 aliphatic carbocycles. The molecule has 0 fully saturated rings. The minimum Gasteiger partial charge on any atom is -0.744 e. The summed E-state index contributed by atoms with van der Waals surface area (Å²) in [5.41, 5.74) is 0.108. The smallest absolute Gasteiger partial charge is 0.744 e. The summed E-state index contributed by atoms with van der Waals surface area (Å²) in [5, 5.41) is 18.8. The van der Waals surface area contributed by atoms with Gasteiger partial charge < -0.3 is 9.66 Å². The Balaban J connectivity index is 0.00000208. The summed E-state index contributed by atoms with van der Waals surface area (Å²) in [6, 6.07) is 16.3. The first kappa shape index (κ1) is 18.2. The van der Waals surface area contributed by atoms with Crippen molar-refractivity contribution in [3.8, 4) is 5.75 Å². The SMILES string of the molecule is O=S(=O)([O-])c1cc2ccccc2c(O)c1N=Nc1ccccc1.[Li+]. The van der Waals surface area contributed by atoms with Gasteiger partial charge in [-0.3, -0.25) is 0 Å². The molecule has 0 saturated carbocycles. The molecule has 0 amide bonds. The molecule has 3 rings (SSSR count). The number of fused-ring (bicyclic) bond motifs is 1. The van der Waals surface area contributed by atoms with E-state index in [2.05, 4.69) is 10.2 Å². The maximum absolute atomic E-state index is 11.5. The zero-order valence-corrected chi connectivity index (χ0v) is 13.6. The van der Waals surface area contributed by atoms with E-state index in [0.29, 0.717) is 16.5 Å². The third-order valence-corrected chi connectivity index (χ3v) is 4.10. The van der Waals surface area contributed by atoms with E-state index in [9.17, 15) is 18.1 Å². The molecule has 6 nitrogen and oxygen atoms in total. The first-order valence-corrected chi connectivity index (χ1v) is 8.05. The van der Waals surface area contributed by atoms with Gasteiger partial charge in [-0.15, -0.1) is 5.11 Å². The molecular formula is C16H11LiN2O4S. The van der Waals surface area contributed by atoms with Crippen molar-refractivity contribution in [1.82, 2.24) is 0 Å². The van der Waals surface area contributed by atoms with E-state index in [1.165, 1.54) is 6.07 Å². The van der Waals surface area contributed by atoms with Crippen LogP contribution in [0.1, 0.15) is 0 Å². The van der Waals surface area contributed by atoms with E-state index in [4.69, 9.17) is 0 Å². The van der Waals surface area contributed by atoms with E-state index >= 15 is 0 Å². The Bertz CT molecular complexity index is 1010. The molecule has 0 spiro atoms. The number of hydrogen-bond donors (Lipinski definition) is 1. The third kappa shape index (κ3) is 3.66. The van der Waals surface area contributed by atoms with Gasteiger partial charge in [0.15, 0.2) is 5.75 Å². The summed E-state index contributed by atoms with van der Waals surface area (Å²) in [5.74, 6) is -0.391. The number of hydrogen-bond acceptors (Lipinski definition) is 6. The van der Waals surface area contributed by atoms with Crippen LogP contribution < -0.4 is 18.9 Å². The van der Waals surface area contributed by atoms with Gasteiger partial charge in [0.2, 0.25) is 0 Å². The summed E-state index contributed by atoms with van der Waals surface area (Å²) in [6.45, 7) is 0. The molecule has 24 heavy (non-hydrogen) atoms. The Labute approximate surface area is 150 Å². The zero-order chi connectivity index (χ0) is 16.4. The second-order valence-corrected chi connectivity index (χ2v) is 6.13. The summed E-state index contributed by atoms with van der Waals surface area (Å²) in [6.07, 6.45) is 0. The molecule has 3 aromatic rings. The van der Waals surface area contributed by atoms with E-state index < -0.39 is 20.8 Å². The van der Waals surface area contributed by atoms with Gasteiger partial charge in [-0.05, 0) is 23.6 Å². The van der Waals surface area contributed by atoms with Crippen LogP contribution in [0.3, 0.4) is 0 Å². The van der Waals surface area contributed by atoms with Crippen LogP contribution >= 0.6 is 0 Å². The predicted molar refractivity (Wildman–Crippen MR) is 84.2 cm³/mol. The fraction of sp³-hybridized carbons (Fsp3) is 0. The van der Waals surface area contributed by atoms with Crippen molar-refractivity contribution in [1.29, 1.82) is 0 Å². The van der Waals surface area contributed by atoms with Crippen LogP contribution in [0.4, 0.5) is 11.4 Å². The van der Waals surface area contributed by atoms with Crippen molar-refractivity contribution in [3.63, 3.8) is 0 Å². The van der Waals surface area contributed by atoms with Crippen LogP contribution in [0.25, 0.3) is 10.8 Å². The van der Waals surface area contributed by atoms with E-state index in [0.717, 1.165) is 0 Å². The van der Waals surface area contributed by atoms with Gasteiger partial charge in [0.05, 0.1) is 10.6 Å². The molecule has 0 atom stereocenters. The van der Waals surface area contributed by atoms with Gasteiger partial charge >= 0.3 is 18.9 Å². The Hall–Kier alpha value is -2.17. The fourth-order valence-electron chi connectivity index (χ4n) is 2.18. The summed E-state index contributed by atoms with van der Waals surface area (Å²) in [4.78, 5) is -0.603. The third-order valence-electron chi connectivity index (χ3n) is 3.25. The van der Waals surface area contributed by atoms with Crippen molar-refractivity contribution in [3.05, 3.63) is 60.7 Å². The predicted octanol–water partition coefficient (Wildman–Crippen LogP) is 0.869. The summed E-state index contributed by atoms with van der Waals surface area (Å²) >= 11 is 0. The minimum absolute atomic E-state index is 0.